The van der Waals surface area contributed by atoms with E-state index < -0.39 is 0 Å². The van der Waals surface area contributed by atoms with E-state index in [0.717, 1.165) is 31.5 Å². The molecule has 0 unspecified atom stereocenters. The van der Waals surface area contributed by atoms with Crippen LogP contribution in [0.15, 0.2) is 36.7 Å². The van der Waals surface area contributed by atoms with E-state index in [0.29, 0.717) is 18.1 Å². The smallest absolute Gasteiger partial charge is 0.272 e. The molecule has 1 aliphatic rings. The number of benzene rings is 1. The van der Waals surface area contributed by atoms with E-state index in [1.807, 2.05) is 4.90 Å². The van der Waals surface area contributed by atoms with Gasteiger partial charge in [0.2, 0.25) is 0 Å². The second-order valence-corrected chi connectivity index (χ2v) is 5.27. The van der Waals surface area contributed by atoms with Crippen molar-refractivity contribution in [2.24, 2.45) is 0 Å². The average Bonchev–Trinajstić information content (AvgIpc) is 3.08. The quantitative estimate of drug-likeness (QED) is 0.942. The van der Waals surface area contributed by atoms with E-state index >= 15 is 0 Å². The number of rotatable bonds is 4. The third kappa shape index (κ3) is 3.39. The Labute approximate surface area is 128 Å². The van der Waals surface area contributed by atoms with Crippen LogP contribution in [0.25, 0.3) is 0 Å². The molecule has 1 saturated heterocycles. The van der Waals surface area contributed by atoms with Crippen LogP contribution >= 0.6 is 0 Å². The molecule has 6 heteroatoms. The fourth-order valence-electron chi connectivity index (χ4n) is 2.45. The molecule has 2 aromatic rings. The van der Waals surface area contributed by atoms with Gasteiger partial charge in [-0.3, -0.25) is 4.79 Å². The van der Waals surface area contributed by atoms with Crippen molar-refractivity contribution in [3.8, 4) is 0 Å². The van der Waals surface area contributed by atoms with Crippen LogP contribution in [-0.2, 0) is 6.54 Å². The van der Waals surface area contributed by atoms with Crippen molar-refractivity contribution < 1.29 is 9.18 Å². The number of halogens is 1. The van der Waals surface area contributed by atoms with Crippen molar-refractivity contribution in [2.45, 2.75) is 19.4 Å². The Balaban J connectivity index is 1.65. The Morgan fingerprint density at radius 2 is 1.91 bits per heavy atom. The molecule has 3 rings (SSSR count). The van der Waals surface area contributed by atoms with Crippen molar-refractivity contribution in [2.75, 3.05) is 18.4 Å². The number of nitrogens with one attached hydrogen (secondary N) is 1. The molecule has 22 heavy (non-hydrogen) atoms. The molecule has 0 bridgehead atoms. The van der Waals surface area contributed by atoms with E-state index in [-0.39, 0.29) is 11.7 Å². The summed E-state index contributed by atoms with van der Waals surface area (Å²) in [5, 5.41) is 3.12. The van der Waals surface area contributed by atoms with Crippen LogP contribution in [0.2, 0.25) is 0 Å². The highest BCUT2D eigenvalue weighted by molar-refractivity contribution is 5.93. The summed E-state index contributed by atoms with van der Waals surface area (Å²) in [6.07, 6.45) is 3.48. The van der Waals surface area contributed by atoms with Gasteiger partial charge in [0.25, 0.3) is 5.91 Å². The SMILES string of the molecule is O=C(c1cc(NCc2ccc(F)cc2)ncn1)N1CCCC1. The molecule has 0 radical (unpaired) electrons. The van der Waals surface area contributed by atoms with E-state index in [9.17, 15) is 9.18 Å². The molecule has 0 saturated carbocycles. The van der Waals surface area contributed by atoms with Crippen LogP contribution in [0.1, 0.15) is 28.9 Å². The highest BCUT2D eigenvalue weighted by Gasteiger charge is 2.20. The molecule has 0 spiro atoms. The Hall–Kier alpha value is -2.50. The molecule has 0 atom stereocenters. The predicted octanol–water partition coefficient (Wildman–Crippen LogP) is 2.46. The lowest BCUT2D eigenvalue weighted by atomic mass is 10.2. The first-order valence-corrected chi connectivity index (χ1v) is 7.32. The summed E-state index contributed by atoms with van der Waals surface area (Å²) in [4.78, 5) is 22.3. The summed E-state index contributed by atoms with van der Waals surface area (Å²) in [5.41, 5.74) is 1.34. The van der Waals surface area contributed by atoms with E-state index in [2.05, 4.69) is 15.3 Å². The minimum absolute atomic E-state index is 0.0512. The van der Waals surface area contributed by atoms with Gasteiger partial charge in [0.05, 0.1) is 0 Å². The fraction of sp³-hybridized carbons (Fsp3) is 0.312. The van der Waals surface area contributed by atoms with E-state index in [1.165, 1.54) is 18.5 Å². The summed E-state index contributed by atoms with van der Waals surface area (Å²) in [5.74, 6) is 0.274. The summed E-state index contributed by atoms with van der Waals surface area (Å²) in [6, 6.07) is 7.91. The number of carbonyl (C=O) groups excluding carboxylic acids is 1. The standard InChI is InChI=1S/C16H17FN4O/c17-13-5-3-12(4-6-13)10-18-15-9-14(19-11-20-15)16(22)21-7-1-2-8-21/h3-6,9,11H,1-2,7-8,10H2,(H,18,19,20). The molecule has 114 valence electrons. The lowest BCUT2D eigenvalue weighted by Gasteiger charge is -2.14. The van der Waals surface area contributed by atoms with Gasteiger partial charge < -0.3 is 10.2 Å². The third-order valence-corrected chi connectivity index (χ3v) is 3.67. The zero-order valence-corrected chi connectivity index (χ0v) is 12.1. The molecule has 5 nitrogen and oxygen atoms in total. The number of amides is 1. The molecule has 1 aliphatic heterocycles. The van der Waals surface area contributed by atoms with Crippen molar-refractivity contribution in [1.29, 1.82) is 0 Å². The number of carbonyl (C=O) groups is 1. The Morgan fingerprint density at radius 1 is 1.18 bits per heavy atom. The van der Waals surface area contributed by atoms with Gasteiger partial charge >= 0.3 is 0 Å². The van der Waals surface area contributed by atoms with Gasteiger partial charge in [-0.25, -0.2) is 14.4 Å². The first-order chi connectivity index (χ1) is 10.7. The van der Waals surface area contributed by atoms with E-state index in [4.69, 9.17) is 0 Å². The predicted molar refractivity (Wildman–Crippen MR) is 80.9 cm³/mol. The van der Waals surface area contributed by atoms with Crippen molar-refractivity contribution >= 4 is 11.7 Å². The highest BCUT2D eigenvalue weighted by Crippen LogP contribution is 2.13. The summed E-state index contributed by atoms with van der Waals surface area (Å²) in [7, 11) is 0. The summed E-state index contributed by atoms with van der Waals surface area (Å²) in [6.45, 7) is 2.09. The highest BCUT2D eigenvalue weighted by atomic mass is 19.1. The zero-order chi connectivity index (χ0) is 15.4. The fourth-order valence-corrected chi connectivity index (χ4v) is 2.45. The second-order valence-electron chi connectivity index (χ2n) is 5.27. The van der Waals surface area contributed by atoms with Gasteiger partial charge in [-0.05, 0) is 30.5 Å². The number of hydrogen-bond donors (Lipinski definition) is 1. The van der Waals surface area contributed by atoms with Crippen molar-refractivity contribution in [3.63, 3.8) is 0 Å². The Bertz CT molecular complexity index is 653. The van der Waals surface area contributed by atoms with Crippen LogP contribution in [0.5, 0.6) is 0 Å². The molecule has 1 amide bonds. The average molecular weight is 300 g/mol. The van der Waals surface area contributed by atoms with Crippen LogP contribution < -0.4 is 5.32 Å². The number of aromatic nitrogens is 2. The molecule has 0 aliphatic carbocycles. The third-order valence-electron chi connectivity index (χ3n) is 3.67. The lowest BCUT2D eigenvalue weighted by Crippen LogP contribution is -2.28. The minimum atomic E-state index is -0.260. The van der Waals surface area contributed by atoms with Gasteiger partial charge in [-0.1, -0.05) is 12.1 Å². The zero-order valence-electron chi connectivity index (χ0n) is 12.1. The molecule has 1 aromatic heterocycles. The normalized spacial score (nSPS) is 14.1. The van der Waals surface area contributed by atoms with Gasteiger partial charge in [0, 0.05) is 25.7 Å². The summed E-state index contributed by atoms with van der Waals surface area (Å²) >= 11 is 0. The molecular formula is C16H17FN4O. The number of likely N-dealkylation sites (tertiary alicyclic amines) is 1. The number of anilines is 1. The molecule has 1 fully saturated rings. The van der Waals surface area contributed by atoms with Crippen LogP contribution in [0.3, 0.4) is 0 Å². The molecule has 1 aromatic carbocycles. The van der Waals surface area contributed by atoms with E-state index in [1.54, 1.807) is 18.2 Å². The van der Waals surface area contributed by atoms with Gasteiger partial charge in [-0.2, -0.15) is 0 Å². The largest absolute Gasteiger partial charge is 0.366 e. The summed E-state index contributed by atoms with van der Waals surface area (Å²) < 4.78 is 12.9. The Kier molecular flexibility index (Phi) is 4.27. The maximum atomic E-state index is 12.9. The number of nitrogens with zero attached hydrogens (tertiary/aromatic N) is 3. The maximum Gasteiger partial charge on any atom is 0.272 e. The second kappa shape index (κ2) is 6.51. The van der Waals surface area contributed by atoms with Crippen LogP contribution in [0.4, 0.5) is 10.2 Å². The molecular weight excluding hydrogens is 283 g/mol. The first kappa shape index (κ1) is 14.4. The lowest BCUT2D eigenvalue weighted by molar-refractivity contribution is 0.0787. The molecule has 2 heterocycles. The number of hydrogen-bond acceptors (Lipinski definition) is 4. The first-order valence-electron chi connectivity index (χ1n) is 7.32. The van der Waals surface area contributed by atoms with Gasteiger partial charge in [0.15, 0.2) is 0 Å². The van der Waals surface area contributed by atoms with Crippen molar-refractivity contribution in [3.05, 3.63) is 53.7 Å². The molecule has 1 N–H and O–H groups in total. The minimum Gasteiger partial charge on any atom is -0.366 e. The Morgan fingerprint density at radius 3 is 2.64 bits per heavy atom. The topological polar surface area (TPSA) is 58.1 Å². The maximum absolute atomic E-state index is 12.9. The van der Waals surface area contributed by atoms with Gasteiger partial charge in [0.1, 0.15) is 23.7 Å². The van der Waals surface area contributed by atoms with Crippen LogP contribution in [0, 0.1) is 5.82 Å². The van der Waals surface area contributed by atoms with Gasteiger partial charge in [-0.15, -0.1) is 0 Å². The monoisotopic (exact) mass is 300 g/mol. The van der Waals surface area contributed by atoms with Crippen molar-refractivity contribution in [1.82, 2.24) is 14.9 Å². The van der Waals surface area contributed by atoms with Crippen LogP contribution in [-0.4, -0.2) is 33.9 Å².